The fourth-order valence-corrected chi connectivity index (χ4v) is 2.86. The van der Waals surface area contributed by atoms with Crippen molar-refractivity contribution in [2.75, 3.05) is 6.54 Å². The number of nitrogens with two attached hydrogens (primary N) is 1. The average Bonchev–Trinajstić information content (AvgIpc) is 2.30. The summed E-state index contributed by atoms with van der Waals surface area (Å²) >= 11 is 0. The summed E-state index contributed by atoms with van der Waals surface area (Å²) in [6.07, 6.45) is -0.741. The van der Waals surface area contributed by atoms with Crippen molar-refractivity contribution in [3.63, 3.8) is 0 Å². The maximum Gasteiger partial charge on any atom is 0.248 e. The monoisotopic (exact) mass is 275 g/mol. The Morgan fingerprint density at radius 2 is 1.53 bits per heavy atom. The van der Waals surface area contributed by atoms with Crippen LogP contribution in [-0.4, -0.2) is 12.5 Å². The molecule has 0 atom stereocenters. The normalized spacial score (nSPS) is 21.4. The first-order valence-electron chi connectivity index (χ1n) is 6.34. The van der Waals surface area contributed by atoms with E-state index >= 15 is 0 Å². The molecule has 0 saturated heterocycles. The first-order chi connectivity index (χ1) is 8.80. The number of hydrogen-bond donors (Lipinski definition) is 1. The van der Waals surface area contributed by atoms with E-state index < -0.39 is 23.0 Å². The molecule has 0 unspecified atom stereocenters. The van der Waals surface area contributed by atoms with E-state index in [1.807, 2.05) is 0 Å². The summed E-state index contributed by atoms with van der Waals surface area (Å²) in [6.45, 7) is 1.56. The van der Waals surface area contributed by atoms with Gasteiger partial charge in [0.25, 0.3) is 0 Å². The highest BCUT2D eigenvalue weighted by atomic mass is 19.3. The third kappa shape index (κ3) is 2.61. The second kappa shape index (κ2) is 4.78. The highest BCUT2D eigenvalue weighted by Crippen LogP contribution is 2.46. The van der Waals surface area contributed by atoms with Crippen LogP contribution in [0, 0.1) is 18.6 Å². The lowest BCUT2D eigenvalue weighted by atomic mass is 9.68. The van der Waals surface area contributed by atoms with Gasteiger partial charge >= 0.3 is 0 Å². The zero-order chi connectivity index (χ0) is 14.3. The molecular formula is C14H17F4N. The van der Waals surface area contributed by atoms with E-state index in [4.69, 9.17) is 5.73 Å². The van der Waals surface area contributed by atoms with Crippen LogP contribution in [0.3, 0.4) is 0 Å². The van der Waals surface area contributed by atoms with Gasteiger partial charge < -0.3 is 5.73 Å². The van der Waals surface area contributed by atoms with Crippen molar-refractivity contribution in [1.29, 1.82) is 0 Å². The Labute approximate surface area is 109 Å². The minimum atomic E-state index is -2.75. The van der Waals surface area contributed by atoms with Crippen molar-refractivity contribution in [3.8, 4) is 0 Å². The highest BCUT2D eigenvalue weighted by molar-refractivity contribution is 5.33. The van der Waals surface area contributed by atoms with Gasteiger partial charge in [0.05, 0.1) is 0 Å². The number of halogens is 4. The third-order valence-electron chi connectivity index (χ3n) is 4.05. The Kier molecular flexibility index (Phi) is 3.60. The Hall–Kier alpha value is -1.10. The zero-order valence-corrected chi connectivity index (χ0v) is 10.8. The molecule has 1 aliphatic rings. The molecule has 1 nitrogen and oxygen atoms in total. The van der Waals surface area contributed by atoms with Crippen LogP contribution < -0.4 is 5.73 Å². The minimum absolute atomic E-state index is 0.00734. The lowest BCUT2D eigenvalue weighted by molar-refractivity contribution is -0.0517. The molecule has 2 N–H and O–H groups in total. The Morgan fingerprint density at radius 3 is 1.95 bits per heavy atom. The van der Waals surface area contributed by atoms with Crippen molar-refractivity contribution in [3.05, 3.63) is 34.9 Å². The van der Waals surface area contributed by atoms with E-state index in [2.05, 4.69) is 0 Å². The van der Waals surface area contributed by atoms with Crippen molar-refractivity contribution in [2.24, 2.45) is 5.73 Å². The van der Waals surface area contributed by atoms with Crippen molar-refractivity contribution in [1.82, 2.24) is 0 Å². The van der Waals surface area contributed by atoms with Gasteiger partial charge in [0.15, 0.2) is 0 Å². The van der Waals surface area contributed by atoms with Gasteiger partial charge in [0, 0.05) is 30.4 Å². The van der Waals surface area contributed by atoms with E-state index in [0.29, 0.717) is 5.56 Å². The van der Waals surface area contributed by atoms with Crippen molar-refractivity contribution >= 4 is 0 Å². The number of alkyl halides is 2. The summed E-state index contributed by atoms with van der Waals surface area (Å²) in [5, 5.41) is 0. The quantitative estimate of drug-likeness (QED) is 0.819. The van der Waals surface area contributed by atoms with Crippen LogP contribution in [0.5, 0.6) is 0 Å². The van der Waals surface area contributed by atoms with Crippen LogP contribution in [0.25, 0.3) is 0 Å². The summed E-state index contributed by atoms with van der Waals surface area (Å²) in [7, 11) is 0. The molecular weight excluding hydrogens is 258 g/mol. The van der Waals surface area contributed by atoms with Gasteiger partial charge in [-0.05, 0) is 37.5 Å². The number of rotatable bonds is 2. The molecule has 1 aromatic rings. The molecule has 0 aliphatic heterocycles. The molecule has 5 heteroatoms. The predicted molar refractivity (Wildman–Crippen MR) is 65.2 cm³/mol. The van der Waals surface area contributed by atoms with Crippen LogP contribution in [-0.2, 0) is 5.41 Å². The van der Waals surface area contributed by atoms with Crippen LogP contribution in [0.1, 0.15) is 36.8 Å². The zero-order valence-electron chi connectivity index (χ0n) is 10.8. The summed E-state index contributed by atoms with van der Waals surface area (Å²) in [5.41, 5.74) is 4.98. The molecule has 19 heavy (non-hydrogen) atoms. The maximum absolute atomic E-state index is 14.0. The van der Waals surface area contributed by atoms with Crippen molar-refractivity contribution in [2.45, 2.75) is 43.9 Å². The molecule has 1 saturated carbocycles. The summed E-state index contributed by atoms with van der Waals surface area (Å²) in [6, 6.07) is 2.45. The predicted octanol–water partition coefficient (Wildman–Crippen LogP) is 3.68. The van der Waals surface area contributed by atoms with Gasteiger partial charge in [-0.2, -0.15) is 0 Å². The second-order valence-electron chi connectivity index (χ2n) is 5.44. The van der Waals surface area contributed by atoms with E-state index in [1.54, 1.807) is 6.92 Å². The average molecular weight is 275 g/mol. The first-order valence-corrected chi connectivity index (χ1v) is 6.34. The van der Waals surface area contributed by atoms with Gasteiger partial charge in [-0.25, -0.2) is 17.6 Å². The molecule has 0 amide bonds. The van der Waals surface area contributed by atoms with E-state index in [1.165, 1.54) is 12.1 Å². The minimum Gasteiger partial charge on any atom is -0.330 e. The lowest BCUT2D eigenvalue weighted by Crippen LogP contribution is -2.43. The van der Waals surface area contributed by atoms with Gasteiger partial charge in [0.2, 0.25) is 5.92 Å². The summed E-state index contributed by atoms with van der Waals surface area (Å²) < 4.78 is 54.5. The third-order valence-corrected chi connectivity index (χ3v) is 4.05. The molecule has 0 bridgehead atoms. The Bertz CT molecular complexity index is 451. The lowest BCUT2D eigenvalue weighted by Gasteiger charge is -2.40. The smallest absolute Gasteiger partial charge is 0.248 e. The van der Waals surface area contributed by atoms with Crippen LogP contribution >= 0.6 is 0 Å². The van der Waals surface area contributed by atoms with E-state index in [-0.39, 0.29) is 37.8 Å². The Morgan fingerprint density at radius 1 is 1.05 bits per heavy atom. The number of aryl methyl sites for hydroxylation is 1. The molecule has 106 valence electrons. The summed E-state index contributed by atoms with van der Waals surface area (Å²) in [5.74, 6) is -4.13. The number of hydrogen-bond acceptors (Lipinski definition) is 1. The SMILES string of the molecule is Cc1cc(F)c(C2(CN)CCC(F)(F)CC2)c(F)c1. The van der Waals surface area contributed by atoms with Gasteiger partial charge in [-0.15, -0.1) is 0 Å². The molecule has 0 heterocycles. The van der Waals surface area contributed by atoms with E-state index in [9.17, 15) is 17.6 Å². The topological polar surface area (TPSA) is 26.0 Å². The number of benzene rings is 1. The molecule has 0 aromatic heterocycles. The van der Waals surface area contributed by atoms with Crippen LogP contribution in [0.2, 0.25) is 0 Å². The van der Waals surface area contributed by atoms with Gasteiger partial charge in [0.1, 0.15) is 11.6 Å². The second-order valence-corrected chi connectivity index (χ2v) is 5.44. The molecule has 1 fully saturated rings. The maximum atomic E-state index is 14.0. The fraction of sp³-hybridized carbons (Fsp3) is 0.571. The van der Waals surface area contributed by atoms with E-state index in [0.717, 1.165) is 0 Å². The molecule has 0 spiro atoms. The molecule has 1 aromatic carbocycles. The van der Waals surface area contributed by atoms with Crippen molar-refractivity contribution < 1.29 is 17.6 Å². The van der Waals surface area contributed by atoms with Gasteiger partial charge in [-0.3, -0.25) is 0 Å². The highest BCUT2D eigenvalue weighted by Gasteiger charge is 2.45. The molecule has 1 aliphatic carbocycles. The fourth-order valence-electron chi connectivity index (χ4n) is 2.86. The van der Waals surface area contributed by atoms with Gasteiger partial charge in [-0.1, -0.05) is 0 Å². The molecule has 2 rings (SSSR count). The van der Waals surface area contributed by atoms with Crippen LogP contribution in [0.4, 0.5) is 17.6 Å². The standard InChI is InChI=1S/C14H17F4N/c1-9-6-10(15)12(11(16)7-9)13(8-19)2-4-14(17,18)5-3-13/h6-7H,2-5,8,19H2,1H3. The first kappa shape index (κ1) is 14.3. The molecule has 0 radical (unpaired) electrons. The largest absolute Gasteiger partial charge is 0.330 e. The van der Waals surface area contributed by atoms with Crippen LogP contribution in [0.15, 0.2) is 12.1 Å². The Balaban J connectivity index is 2.43. The summed E-state index contributed by atoms with van der Waals surface area (Å²) in [4.78, 5) is 0.